The lowest BCUT2D eigenvalue weighted by Gasteiger charge is -2.06. The lowest BCUT2D eigenvalue weighted by molar-refractivity contribution is 0.102. The van der Waals surface area contributed by atoms with E-state index in [4.69, 9.17) is 0 Å². The van der Waals surface area contributed by atoms with Crippen LogP contribution >= 0.6 is 0 Å². The van der Waals surface area contributed by atoms with Gasteiger partial charge in [0.1, 0.15) is 5.82 Å². The van der Waals surface area contributed by atoms with Crippen molar-refractivity contribution in [2.45, 2.75) is 6.92 Å². The monoisotopic (exact) mass is 307 g/mol. The summed E-state index contributed by atoms with van der Waals surface area (Å²) in [6.07, 6.45) is 0. The topological polar surface area (TPSA) is 54.9 Å². The second-order valence-corrected chi connectivity index (χ2v) is 5.08. The van der Waals surface area contributed by atoms with E-state index in [0.717, 1.165) is 16.8 Å². The fraction of sp³-hybridized carbons (Fsp3) is 0.0556. The van der Waals surface area contributed by atoms with Gasteiger partial charge in [-0.2, -0.15) is 0 Å². The highest BCUT2D eigenvalue weighted by atomic mass is 19.1. The van der Waals surface area contributed by atoms with Crippen LogP contribution in [0, 0.1) is 12.7 Å². The molecule has 23 heavy (non-hydrogen) atoms. The molecule has 4 nitrogen and oxygen atoms in total. The largest absolute Gasteiger partial charge is 0.305 e. The average Bonchev–Trinajstić information content (AvgIpc) is 2.57. The highest BCUT2D eigenvalue weighted by molar-refractivity contribution is 6.03. The second kappa shape index (κ2) is 6.36. The molecule has 3 rings (SSSR count). The Bertz CT molecular complexity index is 830. The Hall–Kier alpha value is -3.08. The lowest BCUT2D eigenvalue weighted by Crippen LogP contribution is -2.13. The summed E-state index contributed by atoms with van der Waals surface area (Å²) in [4.78, 5) is 12.0. The summed E-state index contributed by atoms with van der Waals surface area (Å²) in [5, 5.41) is 10.8. The van der Waals surface area contributed by atoms with Crippen molar-refractivity contribution in [1.29, 1.82) is 0 Å². The summed E-state index contributed by atoms with van der Waals surface area (Å²) in [7, 11) is 0. The van der Waals surface area contributed by atoms with Crippen LogP contribution < -0.4 is 5.32 Å². The summed E-state index contributed by atoms with van der Waals surface area (Å²) in [6, 6.07) is 16.7. The van der Waals surface area contributed by atoms with Gasteiger partial charge in [-0.05, 0) is 48.9 Å². The molecule has 0 unspecified atom stereocenters. The molecule has 3 aromatic rings. The number of carbonyl (C=O) groups excluding carboxylic acids is 1. The number of hydrogen-bond acceptors (Lipinski definition) is 3. The van der Waals surface area contributed by atoms with Crippen LogP contribution in [0.3, 0.4) is 0 Å². The van der Waals surface area contributed by atoms with E-state index in [1.165, 1.54) is 24.3 Å². The standard InChI is InChI=1S/C18H14FN3O/c1-12-4-2-3-5-15(12)16-10-11-17(22-21-16)20-18(23)13-6-8-14(19)9-7-13/h2-11H,1H3,(H,20,22,23). The molecular weight excluding hydrogens is 293 g/mol. The minimum Gasteiger partial charge on any atom is -0.305 e. The van der Waals surface area contributed by atoms with Gasteiger partial charge in [-0.3, -0.25) is 4.79 Å². The molecule has 0 spiro atoms. The molecule has 0 radical (unpaired) electrons. The molecule has 114 valence electrons. The number of carbonyl (C=O) groups is 1. The van der Waals surface area contributed by atoms with E-state index in [2.05, 4.69) is 15.5 Å². The smallest absolute Gasteiger partial charge is 0.256 e. The number of rotatable bonds is 3. The number of hydrogen-bond donors (Lipinski definition) is 1. The molecule has 5 heteroatoms. The highest BCUT2D eigenvalue weighted by Crippen LogP contribution is 2.21. The fourth-order valence-electron chi connectivity index (χ4n) is 2.19. The number of anilines is 1. The third-order valence-electron chi connectivity index (χ3n) is 3.43. The van der Waals surface area contributed by atoms with Crippen molar-refractivity contribution in [1.82, 2.24) is 10.2 Å². The quantitative estimate of drug-likeness (QED) is 0.799. The maximum Gasteiger partial charge on any atom is 0.256 e. The van der Waals surface area contributed by atoms with Crippen LogP contribution in [-0.4, -0.2) is 16.1 Å². The number of amides is 1. The minimum atomic E-state index is -0.385. The fourth-order valence-corrected chi connectivity index (χ4v) is 2.19. The van der Waals surface area contributed by atoms with E-state index in [0.29, 0.717) is 11.4 Å². The Labute approximate surface area is 133 Å². The molecule has 1 aromatic heterocycles. The van der Waals surface area contributed by atoms with Gasteiger partial charge < -0.3 is 5.32 Å². The lowest BCUT2D eigenvalue weighted by atomic mass is 10.1. The first-order valence-electron chi connectivity index (χ1n) is 7.10. The van der Waals surface area contributed by atoms with Crippen molar-refractivity contribution in [2.75, 3.05) is 5.32 Å². The van der Waals surface area contributed by atoms with E-state index < -0.39 is 0 Å². The summed E-state index contributed by atoms with van der Waals surface area (Å²) in [6.45, 7) is 2.00. The molecule has 0 atom stereocenters. The van der Waals surface area contributed by atoms with Gasteiger partial charge in [0.2, 0.25) is 0 Å². The molecule has 2 aromatic carbocycles. The summed E-state index contributed by atoms with van der Waals surface area (Å²) < 4.78 is 12.9. The molecular formula is C18H14FN3O. The predicted octanol–water partition coefficient (Wildman–Crippen LogP) is 3.84. The summed E-state index contributed by atoms with van der Waals surface area (Å²) >= 11 is 0. The SMILES string of the molecule is Cc1ccccc1-c1ccc(NC(=O)c2ccc(F)cc2)nn1. The Kier molecular flexibility index (Phi) is 4.10. The predicted molar refractivity (Wildman–Crippen MR) is 86.6 cm³/mol. The number of aromatic nitrogens is 2. The number of halogens is 1. The molecule has 1 heterocycles. The maximum atomic E-state index is 12.9. The van der Waals surface area contributed by atoms with Crippen LogP contribution in [0.25, 0.3) is 11.3 Å². The van der Waals surface area contributed by atoms with Crippen LogP contribution in [0.5, 0.6) is 0 Å². The Balaban J connectivity index is 1.76. The van der Waals surface area contributed by atoms with Gasteiger partial charge in [0.25, 0.3) is 5.91 Å². The van der Waals surface area contributed by atoms with Crippen molar-refractivity contribution in [3.63, 3.8) is 0 Å². The molecule has 0 saturated carbocycles. The van der Waals surface area contributed by atoms with Gasteiger partial charge in [0.05, 0.1) is 5.69 Å². The molecule has 0 saturated heterocycles. The van der Waals surface area contributed by atoms with Gasteiger partial charge >= 0.3 is 0 Å². The molecule has 0 fully saturated rings. The van der Waals surface area contributed by atoms with Crippen molar-refractivity contribution < 1.29 is 9.18 Å². The van der Waals surface area contributed by atoms with E-state index in [1.54, 1.807) is 12.1 Å². The number of nitrogens with zero attached hydrogens (tertiary/aromatic N) is 2. The number of aryl methyl sites for hydroxylation is 1. The normalized spacial score (nSPS) is 10.3. The van der Waals surface area contributed by atoms with Crippen LogP contribution in [-0.2, 0) is 0 Å². The van der Waals surface area contributed by atoms with Gasteiger partial charge in [-0.1, -0.05) is 24.3 Å². The third-order valence-corrected chi connectivity index (χ3v) is 3.43. The highest BCUT2D eigenvalue weighted by Gasteiger charge is 2.08. The number of benzene rings is 2. The summed E-state index contributed by atoms with van der Waals surface area (Å²) in [5.74, 6) is -0.400. The zero-order valence-corrected chi connectivity index (χ0v) is 12.5. The van der Waals surface area contributed by atoms with Crippen LogP contribution in [0.1, 0.15) is 15.9 Å². The Morgan fingerprint density at radius 2 is 1.70 bits per heavy atom. The molecule has 0 aliphatic heterocycles. The Morgan fingerprint density at radius 3 is 2.35 bits per heavy atom. The van der Waals surface area contributed by atoms with E-state index in [9.17, 15) is 9.18 Å². The average molecular weight is 307 g/mol. The molecule has 0 bridgehead atoms. The first-order chi connectivity index (χ1) is 11.1. The first-order valence-corrected chi connectivity index (χ1v) is 7.10. The van der Waals surface area contributed by atoms with Crippen molar-refractivity contribution in [3.05, 3.63) is 77.6 Å². The second-order valence-electron chi connectivity index (χ2n) is 5.08. The van der Waals surface area contributed by atoms with Crippen LogP contribution in [0.15, 0.2) is 60.7 Å². The molecule has 1 N–H and O–H groups in total. The maximum absolute atomic E-state index is 12.9. The van der Waals surface area contributed by atoms with Gasteiger partial charge in [-0.15, -0.1) is 10.2 Å². The van der Waals surface area contributed by atoms with Crippen LogP contribution in [0.4, 0.5) is 10.2 Å². The van der Waals surface area contributed by atoms with Gasteiger partial charge in [-0.25, -0.2) is 4.39 Å². The minimum absolute atomic E-state index is 0.344. The van der Waals surface area contributed by atoms with Crippen molar-refractivity contribution in [3.8, 4) is 11.3 Å². The van der Waals surface area contributed by atoms with E-state index >= 15 is 0 Å². The van der Waals surface area contributed by atoms with Crippen LogP contribution in [0.2, 0.25) is 0 Å². The zero-order valence-electron chi connectivity index (χ0n) is 12.5. The molecule has 1 amide bonds. The Morgan fingerprint density at radius 1 is 0.957 bits per heavy atom. The van der Waals surface area contributed by atoms with Crippen molar-refractivity contribution in [2.24, 2.45) is 0 Å². The van der Waals surface area contributed by atoms with Crippen molar-refractivity contribution >= 4 is 11.7 Å². The van der Waals surface area contributed by atoms with Gasteiger partial charge in [0, 0.05) is 11.1 Å². The molecule has 0 aliphatic carbocycles. The zero-order chi connectivity index (χ0) is 16.2. The summed E-state index contributed by atoms with van der Waals surface area (Å²) in [5.41, 5.74) is 3.19. The van der Waals surface area contributed by atoms with Gasteiger partial charge in [0.15, 0.2) is 5.82 Å². The number of nitrogens with one attached hydrogen (secondary N) is 1. The third kappa shape index (κ3) is 3.40. The van der Waals surface area contributed by atoms with E-state index in [-0.39, 0.29) is 11.7 Å². The first kappa shape index (κ1) is 14.8. The molecule has 0 aliphatic rings. The van der Waals surface area contributed by atoms with E-state index in [1.807, 2.05) is 31.2 Å².